The zero-order valence-electron chi connectivity index (χ0n) is 12.3. The van der Waals surface area contributed by atoms with E-state index in [0.717, 1.165) is 6.54 Å². The molecule has 0 bridgehead atoms. The quantitative estimate of drug-likeness (QED) is 0.800. The third kappa shape index (κ3) is 4.07. The van der Waals surface area contributed by atoms with E-state index >= 15 is 0 Å². The summed E-state index contributed by atoms with van der Waals surface area (Å²) in [6, 6.07) is 8.55. The second-order valence-electron chi connectivity index (χ2n) is 5.36. The van der Waals surface area contributed by atoms with Crippen LogP contribution >= 0.6 is 34.5 Å². The monoisotopic (exact) mass is 390 g/mol. The molecule has 0 saturated carbocycles. The molecule has 124 valence electrons. The summed E-state index contributed by atoms with van der Waals surface area (Å²) in [6.45, 7) is 3.24. The van der Waals surface area contributed by atoms with E-state index in [1.54, 1.807) is 11.3 Å². The van der Waals surface area contributed by atoms with Crippen molar-refractivity contribution in [2.75, 3.05) is 26.2 Å². The molecule has 1 aromatic carbocycles. The molecule has 1 aromatic heterocycles. The molecule has 3 rings (SSSR count). The Balaban J connectivity index is 1.68. The van der Waals surface area contributed by atoms with E-state index in [1.165, 1.54) is 27.4 Å². The molecule has 0 atom stereocenters. The van der Waals surface area contributed by atoms with Crippen molar-refractivity contribution in [3.8, 4) is 0 Å². The van der Waals surface area contributed by atoms with E-state index in [0.29, 0.717) is 36.2 Å². The molecule has 0 radical (unpaired) electrons. The number of benzene rings is 1. The van der Waals surface area contributed by atoms with Gasteiger partial charge in [0.1, 0.15) is 0 Å². The Kier molecular flexibility index (Phi) is 5.30. The Labute approximate surface area is 150 Å². The summed E-state index contributed by atoms with van der Waals surface area (Å²) < 4.78 is 26.9. The second-order valence-corrected chi connectivity index (χ2v) is 9.21. The van der Waals surface area contributed by atoms with Crippen molar-refractivity contribution in [3.05, 3.63) is 50.6 Å². The van der Waals surface area contributed by atoms with Crippen LogP contribution in [0.5, 0.6) is 0 Å². The van der Waals surface area contributed by atoms with Crippen LogP contribution in [0, 0.1) is 0 Å². The fraction of sp³-hybridized carbons (Fsp3) is 0.333. The molecule has 1 saturated heterocycles. The molecule has 23 heavy (non-hydrogen) atoms. The van der Waals surface area contributed by atoms with Crippen LogP contribution in [0.1, 0.15) is 4.88 Å². The van der Waals surface area contributed by atoms with Gasteiger partial charge in [0.05, 0.1) is 4.90 Å². The highest BCUT2D eigenvalue weighted by Gasteiger charge is 2.29. The molecule has 0 N–H and O–H groups in total. The first-order chi connectivity index (χ1) is 10.9. The van der Waals surface area contributed by atoms with Crippen LogP contribution in [0.3, 0.4) is 0 Å². The lowest BCUT2D eigenvalue weighted by Crippen LogP contribution is -2.48. The maximum Gasteiger partial charge on any atom is 0.243 e. The van der Waals surface area contributed by atoms with Gasteiger partial charge in [0.25, 0.3) is 0 Å². The molecule has 8 heteroatoms. The summed E-state index contributed by atoms with van der Waals surface area (Å²) in [5.41, 5.74) is 0. The van der Waals surface area contributed by atoms with Gasteiger partial charge in [0.2, 0.25) is 10.0 Å². The summed E-state index contributed by atoms with van der Waals surface area (Å²) in [6.07, 6.45) is 0. The molecule has 0 spiro atoms. The first kappa shape index (κ1) is 17.2. The lowest BCUT2D eigenvalue weighted by molar-refractivity contribution is 0.183. The topological polar surface area (TPSA) is 40.6 Å². The summed E-state index contributed by atoms with van der Waals surface area (Å²) >= 11 is 13.6. The summed E-state index contributed by atoms with van der Waals surface area (Å²) in [4.78, 5) is 3.72. The summed E-state index contributed by atoms with van der Waals surface area (Å²) in [7, 11) is -3.55. The van der Waals surface area contributed by atoms with Crippen LogP contribution in [0.15, 0.2) is 40.6 Å². The number of rotatable bonds is 4. The third-order valence-electron chi connectivity index (χ3n) is 3.76. The van der Waals surface area contributed by atoms with E-state index in [4.69, 9.17) is 23.2 Å². The van der Waals surface area contributed by atoms with E-state index in [1.807, 2.05) is 6.07 Å². The minimum atomic E-state index is -3.55. The van der Waals surface area contributed by atoms with Crippen molar-refractivity contribution < 1.29 is 8.42 Å². The van der Waals surface area contributed by atoms with Crippen molar-refractivity contribution in [2.24, 2.45) is 0 Å². The number of nitrogens with zero attached hydrogens (tertiary/aromatic N) is 2. The lowest BCUT2D eigenvalue weighted by atomic mass is 10.3. The van der Waals surface area contributed by atoms with Gasteiger partial charge < -0.3 is 0 Å². The van der Waals surface area contributed by atoms with E-state index in [9.17, 15) is 8.42 Å². The van der Waals surface area contributed by atoms with Crippen LogP contribution in [-0.4, -0.2) is 43.8 Å². The fourth-order valence-electron chi connectivity index (χ4n) is 2.58. The van der Waals surface area contributed by atoms with E-state index < -0.39 is 10.0 Å². The first-order valence-corrected chi connectivity index (χ1v) is 10.2. The van der Waals surface area contributed by atoms with Crippen LogP contribution in [-0.2, 0) is 16.6 Å². The number of hydrogen-bond acceptors (Lipinski definition) is 4. The van der Waals surface area contributed by atoms with E-state index in [-0.39, 0.29) is 4.90 Å². The van der Waals surface area contributed by atoms with Gasteiger partial charge in [-0.3, -0.25) is 4.90 Å². The highest BCUT2D eigenvalue weighted by atomic mass is 35.5. The zero-order chi connectivity index (χ0) is 16.4. The average Bonchev–Trinajstić information content (AvgIpc) is 3.00. The molecular formula is C15H16Cl2N2O2S2. The normalized spacial score (nSPS) is 17.5. The molecule has 2 aromatic rings. The van der Waals surface area contributed by atoms with Gasteiger partial charge in [-0.15, -0.1) is 11.3 Å². The molecule has 1 fully saturated rings. The van der Waals surface area contributed by atoms with Gasteiger partial charge in [-0.05, 0) is 29.6 Å². The zero-order valence-corrected chi connectivity index (χ0v) is 15.4. The smallest absolute Gasteiger partial charge is 0.243 e. The van der Waals surface area contributed by atoms with Crippen LogP contribution in [0.4, 0.5) is 0 Å². The highest BCUT2D eigenvalue weighted by Crippen LogP contribution is 2.25. The van der Waals surface area contributed by atoms with Crippen molar-refractivity contribution in [1.82, 2.24) is 9.21 Å². The van der Waals surface area contributed by atoms with Gasteiger partial charge in [-0.1, -0.05) is 29.3 Å². The predicted molar refractivity (Wildman–Crippen MR) is 94.8 cm³/mol. The third-order valence-corrected chi connectivity index (χ3v) is 6.94. The molecule has 0 unspecified atom stereocenters. The Bertz CT molecular complexity index is 751. The number of thiophene rings is 1. The SMILES string of the molecule is O=S(=O)(c1cc(Cl)cc(Cl)c1)N1CCN(Cc2cccs2)CC1. The van der Waals surface area contributed by atoms with Crippen molar-refractivity contribution >= 4 is 44.6 Å². The van der Waals surface area contributed by atoms with Gasteiger partial charge >= 0.3 is 0 Å². The van der Waals surface area contributed by atoms with E-state index in [2.05, 4.69) is 16.3 Å². The molecule has 0 amide bonds. The Hall–Kier alpha value is -0.630. The molecule has 2 heterocycles. The van der Waals surface area contributed by atoms with Gasteiger partial charge in [0, 0.05) is 47.6 Å². The molecule has 0 aliphatic carbocycles. The largest absolute Gasteiger partial charge is 0.296 e. The molecular weight excluding hydrogens is 375 g/mol. The second kappa shape index (κ2) is 7.09. The predicted octanol–water partition coefficient (Wildman–Crippen LogP) is 3.56. The lowest BCUT2D eigenvalue weighted by Gasteiger charge is -2.33. The fourth-order valence-corrected chi connectivity index (χ4v) is 5.47. The van der Waals surface area contributed by atoms with Crippen molar-refractivity contribution in [2.45, 2.75) is 11.4 Å². The number of piperazine rings is 1. The maximum atomic E-state index is 12.7. The number of sulfonamides is 1. The van der Waals surface area contributed by atoms with Crippen molar-refractivity contribution in [1.29, 1.82) is 0 Å². The molecule has 1 aliphatic rings. The standard InChI is InChI=1S/C15H16Cl2N2O2S2/c16-12-8-13(17)10-15(9-12)23(20,21)19-5-3-18(4-6-19)11-14-2-1-7-22-14/h1-2,7-10H,3-6,11H2. The van der Waals surface area contributed by atoms with Gasteiger partial charge in [-0.25, -0.2) is 8.42 Å². The summed E-state index contributed by atoms with van der Waals surface area (Å²) in [5, 5.41) is 2.71. The number of halogens is 2. The minimum Gasteiger partial charge on any atom is -0.296 e. The Morgan fingerprint density at radius 1 is 1.04 bits per heavy atom. The van der Waals surface area contributed by atoms with Crippen LogP contribution < -0.4 is 0 Å². The Morgan fingerprint density at radius 3 is 2.26 bits per heavy atom. The number of hydrogen-bond donors (Lipinski definition) is 0. The van der Waals surface area contributed by atoms with Gasteiger partial charge in [-0.2, -0.15) is 4.31 Å². The molecule has 1 aliphatic heterocycles. The Morgan fingerprint density at radius 2 is 1.70 bits per heavy atom. The van der Waals surface area contributed by atoms with Gasteiger partial charge in [0.15, 0.2) is 0 Å². The minimum absolute atomic E-state index is 0.154. The summed E-state index contributed by atoms with van der Waals surface area (Å²) in [5.74, 6) is 0. The molecule has 4 nitrogen and oxygen atoms in total. The maximum absolute atomic E-state index is 12.7. The van der Waals surface area contributed by atoms with Crippen molar-refractivity contribution in [3.63, 3.8) is 0 Å². The van der Waals surface area contributed by atoms with Crippen LogP contribution in [0.25, 0.3) is 0 Å². The first-order valence-electron chi connectivity index (χ1n) is 7.16. The average molecular weight is 391 g/mol. The van der Waals surface area contributed by atoms with Crippen LogP contribution in [0.2, 0.25) is 10.0 Å². The highest BCUT2D eigenvalue weighted by molar-refractivity contribution is 7.89.